The average molecular weight is 226 g/mol. The van der Waals surface area contributed by atoms with Crippen LogP contribution in [0.25, 0.3) is 0 Å². The number of carboxylic acids is 1. The molecule has 2 atom stereocenters. The fourth-order valence-electron chi connectivity index (χ4n) is 2.58. The van der Waals surface area contributed by atoms with Gasteiger partial charge in [-0.15, -0.1) is 0 Å². The highest BCUT2D eigenvalue weighted by atomic mass is 16.4. The van der Waals surface area contributed by atoms with Crippen molar-refractivity contribution in [2.75, 3.05) is 26.7 Å². The summed E-state index contributed by atoms with van der Waals surface area (Å²) < 4.78 is 0. The lowest BCUT2D eigenvalue weighted by Crippen LogP contribution is -2.39. The first-order valence-electron chi connectivity index (χ1n) is 5.78. The highest BCUT2D eigenvalue weighted by Gasteiger charge is 2.36. The van der Waals surface area contributed by atoms with Crippen LogP contribution in [0.1, 0.15) is 19.3 Å². The van der Waals surface area contributed by atoms with Gasteiger partial charge in [-0.25, -0.2) is 0 Å². The van der Waals surface area contributed by atoms with E-state index in [0.29, 0.717) is 19.1 Å². The first-order valence-corrected chi connectivity index (χ1v) is 5.78. The van der Waals surface area contributed by atoms with Gasteiger partial charge in [-0.05, 0) is 26.4 Å². The van der Waals surface area contributed by atoms with Gasteiger partial charge in [0.2, 0.25) is 5.91 Å². The second-order valence-electron chi connectivity index (χ2n) is 4.81. The van der Waals surface area contributed by atoms with Crippen molar-refractivity contribution in [1.29, 1.82) is 0 Å². The van der Waals surface area contributed by atoms with Crippen LogP contribution in [0, 0.1) is 5.92 Å². The molecule has 0 aromatic rings. The molecule has 16 heavy (non-hydrogen) atoms. The molecule has 2 rings (SSSR count). The lowest BCUT2D eigenvalue weighted by Gasteiger charge is -2.25. The third-order valence-electron chi connectivity index (χ3n) is 3.67. The number of amides is 1. The zero-order valence-corrected chi connectivity index (χ0v) is 9.56. The van der Waals surface area contributed by atoms with E-state index in [1.54, 1.807) is 4.90 Å². The van der Waals surface area contributed by atoms with Crippen LogP contribution in [0.3, 0.4) is 0 Å². The molecule has 0 spiro atoms. The van der Waals surface area contributed by atoms with Gasteiger partial charge in [0.15, 0.2) is 0 Å². The van der Waals surface area contributed by atoms with Gasteiger partial charge in [0, 0.05) is 25.6 Å². The van der Waals surface area contributed by atoms with E-state index >= 15 is 0 Å². The summed E-state index contributed by atoms with van der Waals surface area (Å²) in [6, 6.07) is 0.413. The molecule has 2 saturated heterocycles. The molecule has 0 saturated carbocycles. The molecule has 0 aliphatic carbocycles. The number of likely N-dealkylation sites (N-methyl/N-ethyl adjacent to an activating group) is 1. The quantitative estimate of drug-likeness (QED) is 0.736. The zero-order valence-electron chi connectivity index (χ0n) is 9.56. The van der Waals surface area contributed by atoms with E-state index in [-0.39, 0.29) is 12.3 Å². The summed E-state index contributed by atoms with van der Waals surface area (Å²) in [6.45, 7) is 2.16. The predicted molar refractivity (Wildman–Crippen MR) is 58.0 cm³/mol. The first-order chi connectivity index (χ1) is 7.58. The lowest BCUT2D eigenvalue weighted by atomic mass is 10.1. The molecule has 1 N–H and O–H groups in total. The summed E-state index contributed by atoms with van der Waals surface area (Å²) >= 11 is 0. The first kappa shape index (κ1) is 11.4. The topological polar surface area (TPSA) is 60.9 Å². The lowest BCUT2D eigenvalue weighted by molar-refractivity contribution is -0.141. The van der Waals surface area contributed by atoms with E-state index in [1.807, 2.05) is 0 Å². The molecule has 0 aromatic carbocycles. The van der Waals surface area contributed by atoms with Crippen LogP contribution in [0.4, 0.5) is 0 Å². The Balaban J connectivity index is 1.91. The van der Waals surface area contributed by atoms with Crippen molar-refractivity contribution in [2.24, 2.45) is 5.92 Å². The maximum atomic E-state index is 11.6. The van der Waals surface area contributed by atoms with Crippen molar-refractivity contribution in [3.05, 3.63) is 0 Å². The highest BCUT2D eigenvalue weighted by Crippen LogP contribution is 2.22. The Hall–Kier alpha value is -1.10. The molecule has 0 bridgehead atoms. The number of carbonyl (C=O) groups excluding carboxylic acids is 1. The molecule has 2 aliphatic heterocycles. The molecule has 0 aromatic heterocycles. The van der Waals surface area contributed by atoms with E-state index in [0.717, 1.165) is 13.0 Å². The molecule has 90 valence electrons. The Morgan fingerprint density at radius 2 is 2.31 bits per heavy atom. The number of aliphatic carboxylic acids is 1. The summed E-state index contributed by atoms with van der Waals surface area (Å²) in [7, 11) is 2.06. The largest absolute Gasteiger partial charge is 0.481 e. The number of rotatable bonds is 3. The minimum Gasteiger partial charge on any atom is -0.481 e. The molecule has 5 nitrogen and oxygen atoms in total. The number of hydrogen-bond acceptors (Lipinski definition) is 3. The van der Waals surface area contributed by atoms with Crippen molar-refractivity contribution in [3.63, 3.8) is 0 Å². The van der Waals surface area contributed by atoms with Gasteiger partial charge < -0.3 is 14.9 Å². The van der Waals surface area contributed by atoms with Crippen LogP contribution >= 0.6 is 0 Å². The van der Waals surface area contributed by atoms with Gasteiger partial charge in [0.05, 0.1) is 5.92 Å². The minimum atomic E-state index is -0.851. The zero-order chi connectivity index (χ0) is 11.7. The second-order valence-corrected chi connectivity index (χ2v) is 4.81. The van der Waals surface area contributed by atoms with Crippen LogP contribution in [0.15, 0.2) is 0 Å². The molecule has 0 radical (unpaired) electrons. The summed E-state index contributed by atoms with van der Waals surface area (Å²) in [5.41, 5.74) is 0. The van der Waals surface area contributed by atoms with E-state index < -0.39 is 11.9 Å². The molecule has 2 heterocycles. The smallest absolute Gasteiger partial charge is 0.308 e. The minimum absolute atomic E-state index is 0.00676. The highest BCUT2D eigenvalue weighted by molar-refractivity contribution is 5.86. The monoisotopic (exact) mass is 226 g/mol. The Labute approximate surface area is 95.0 Å². The SMILES string of the molecule is CN1CCCC1CN1CC(C(=O)O)CC1=O. The Kier molecular flexibility index (Phi) is 3.14. The standard InChI is InChI=1S/C11H18N2O3/c1-12-4-2-3-9(12)7-13-6-8(11(15)16)5-10(13)14/h8-9H,2-7H2,1H3,(H,15,16). The van der Waals surface area contributed by atoms with Crippen molar-refractivity contribution in [2.45, 2.75) is 25.3 Å². The van der Waals surface area contributed by atoms with Crippen LogP contribution in [-0.2, 0) is 9.59 Å². The molecular weight excluding hydrogens is 208 g/mol. The fraction of sp³-hybridized carbons (Fsp3) is 0.818. The van der Waals surface area contributed by atoms with Crippen molar-refractivity contribution in [3.8, 4) is 0 Å². The summed E-state index contributed by atoms with van der Waals surface area (Å²) in [5.74, 6) is -1.36. The Bertz CT molecular complexity index is 306. The number of nitrogens with zero attached hydrogens (tertiary/aromatic N) is 2. The van der Waals surface area contributed by atoms with Gasteiger partial charge in [0.25, 0.3) is 0 Å². The number of carbonyl (C=O) groups is 2. The molecule has 5 heteroatoms. The van der Waals surface area contributed by atoms with Crippen LogP contribution in [0.2, 0.25) is 0 Å². The van der Waals surface area contributed by atoms with Crippen LogP contribution in [0.5, 0.6) is 0 Å². The number of hydrogen-bond donors (Lipinski definition) is 1. The molecule has 1 amide bonds. The van der Waals surface area contributed by atoms with Crippen molar-refractivity contribution >= 4 is 11.9 Å². The second kappa shape index (κ2) is 4.41. The average Bonchev–Trinajstić information content (AvgIpc) is 2.76. The Morgan fingerprint density at radius 3 is 2.81 bits per heavy atom. The maximum Gasteiger partial charge on any atom is 0.308 e. The van der Waals surface area contributed by atoms with Gasteiger partial charge in [-0.2, -0.15) is 0 Å². The third-order valence-corrected chi connectivity index (χ3v) is 3.67. The van der Waals surface area contributed by atoms with Gasteiger partial charge in [0.1, 0.15) is 0 Å². The molecule has 2 unspecified atom stereocenters. The van der Waals surface area contributed by atoms with E-state index in [2.05, 4.69) is 11.9 Å². The van der Waals surface area contributed by atoms with Gasteiger partial charge in [-0.3, -0.25) is 9.59 Å². The Morgan fingerprint density at radius 1 is 1.56 bits per heavy atom. The van der Waals surface area contributed by atoms with Crippen molar-refractivity contribution in [1.82, 2.24) is 9.80 Å². The third kappa shape index (κ3) is 2.19. The van der Waals surface area contributed by atoms with Crippen LogP contribution < -0.4 is 0 Å². The molecule has 2 aliphatic rings. The summed E-state index contributed by atoms with van der Waals surface area (Å²) in [5, 5.41) is 8.87. The van der Waals surface area contributed by atoms with Crippen LogP contribution in [-0.4, -0.2) is 59.5 Å². The molecule has 2 fully saturated rings. The van der Waals surface area contributed by atoms with Gasteiger partial charge in [-0.1, -0.05) is 0 Å². The van der Waals surface area contributed by atoms with Crippen molar-refractivity contribution < 1.29 is 14.7 Å². The maximum absolute atomic E-state index is 11.6. The number of carboxylic acid groups (broad SMARTS) is 1. The van der Waals surface area contributed by atoms with E-state index in [9.17, 15) is 9.59 Å². The molecular formula is C11H18N2O3. The number of likely N-dealkylation sites (tertiary alicyclic amines) is 2. The summed E-state index contributed by atoms with van der Waals surface area (Å²) in [4.78, 5) is 26.4. The van der Waals surface area contributed by atoms with E-state index in [1.165, 1.54) is 6.42 Å². The summed E-state index contributed by atoms with van der Waals surface area (Å²) in [6.07, 6.45) is 2.45. The fourth-order valence-corrected chi connectivity index (χ4v) is 2.58. The van der Waals surface area contributed by atoms with E-state index in [4.69, 9.17) is 5.11 Å². The van der Waals surface area contributed by atoms with Gasteiger partial charge >= 0.3 is 5.97 Å². The predicted octanol–water partition coefficient (Wildman–Crippen LogP) is 0.0137. The normalized spacial score (nSPS) is 31.3.